The standard InChI is InChI=1S/C89H142N14O30P2/c1-18-56(8)76(101(15)86(116)74(54(4)5)99-85(115)75(55(6)7)100(13)14)66(124-16)49-71(108)102-38-23-27-64(102)77(125-17)57(9)80(110)94-58(10)78(60-24-20-19-21-25-60)133-135(122,123)131-51-59-28-30-61(31-29-59)95-81(111)62(26-22-36-92-88(90)118)97-84(114)73(53(2)3)98-82(112)63(48-72(109)132-79-87(117)130-52-89(79,11)12)96-68(105)34-39-126-41-43-128-45-46-129-44-42-127-40-37-91-83(113)65(103-69(106)32-33-70(103)107)50-93-67(104)35-47-134(119,120)121/h19-21,24-25,28-33,53-58,62-66,73-79H,18,22-23,26-27,34-52H2,1-17H3,(H,91,113)(H,93,104)(H,94,110)(H,95,111)(H,96,105)(H,97,114)(H,98,112)(H,99,115)(H,122,123)(H3,90,92,118)(H2,119,120,121)/t56-,57+,58+,62-,63-,64-,65-,66+,73-,74-,75-,76-,77+,78+,79?/m0/s1. The molecule has 46 heteroatoms. The lowest BCUT2D eigenvalue weighted by atomic mass is 9.89. The Balaban J connectivity index is 1.16. The number of nitrogens with two attached hydrogens (primary N) is 1. The maximum atomic E-state index is 14.7. The molecule has 14 N–H and O–H groups in total. The Bertz CT molecular complexity index is 4370. The van der Waals surface area contributed by atoms with E-state index in [-0.39, 0.29) is 139 Å². The zero-order chi connectivity index (χ0) is 101. The first kappa shape index (κ1) is 116. The summed E-state index contributed by atoms with van der Waals surface area (Å²) in [6.07, 6.45) is -3.27. The third-order valence-electron chi connectivity index (χ3n) is 23.1. The SMILES string of the molecule is CC[C@H](C)[C@@H]([C@@H](CC(=O)N1CCC[C@H]1[C@H](OC)[C@@H](C)C(=O)N[C@H](C)[C@@H](OP(=O)(O)OCc1ccc(NC(=O)[C@H](CCCNC(N)=O)NC(=O)[C@@H](NC(=O)[C@H](CC(=O)OC2C(=O)OCC2(C)C)NC(=O)CCOCCOCCOCCOCCNC(=O)[C@H](CNC(=O)CCP(=O)(O)O)N2C(=O)C=CC2=O)C(C)C)cc1)c1ccccc1)OC)N(C)C(=O)[C@@H](NC(=O)[C@H](C(C)C)N(C)C)C(C)C. The predicted molar refractivity (Wildman–Crippen MR) is 490 cm³/mol. The summed E-state index contributed by atoms with van der Waals surface area (Å²) in [7, 11) is -1.27. The number of urea groups is 1. The Labute approximate surface area is 788 Å². The first-order valence-corrected chi connectivity index (χ1v) is 48.6. The number of nitrogens with one attached hydrogen (secondary N) is 9. The lowest BCUT2D eigenvalue weighted by Crippen LogP contribution is -2.59. The van der Waals surface area contributed by atoms with Crippen molar-refractivity contribution in [2.24, 2.45) is 40.7 Å². The third-order valence-corrected chi connectivity index (χ3v) is 24.9. The topological polar surface area (TPSA) is 590 Å². The van der Waals surface area contributed by atoms with Gasteiger partial charge < -0.3 is 116 Å². The number of cyclic esters (lactones) is 1. The number of ether oxygens (including phenoxy) is 8. The molecule has 2 aromatic rings. The molecule has 2 fully saturated rings. The largest absolute Gasteiger partial charge is 0.473 e. The summed E-state index contributed by atoms with van der Waals surface area (Å²) < 4.78 is 81.5. The average Bonchev–Trinajstić information content (AvgIpc) is 1.77. The van der Waals surface area contributed by atoms with Crippen molar-refractivity contribution >= 4 is 110 Å². The normalized spacial score (nSPS) is 18.2. The van der Waals surface area contributed by atoms with Crippen LogP contribution in [0.25, 0.3) is 0 Å². The zero-order valence-electron chi connectivity index (χ0n) is 80.3. The van der Waals surface area contributed by atoms with E-state index in [1.54, 1.807) is 88.7 Å². The molecule has 3 aliphatic rings. The molecule has 16 atom stereocenters. The van der Waals surface area contributed by atoms with Gasteiger partial charge >= 0.3 is 33.4 Å². The van der Waals surface area contributed by atoms with Crippen molar-refractivity contribution in [2.75, 3.05) is 132 Å². The lowest BCUT2D eigenvalue weighted by Gasteiger charge is -2.41. The molecule has 0 bridgehead atoms. The summed E-state index contributed by atoms with van der Waals surface area (Å²) in [6, 6.07) is 3.84. The van der Waals surface area contributed by atoms with Crippen LogP contribution in [0.3, 0.4) is 0 Å². The van der Waals surface area contributed by atoms with Crippen LogP contribution < -0.4 is 53.6 Å². The van der Waals surface area contributed by atoms with Gasteiger partial charge in [0.05, 0.1) is 121 Å². The predicted octanol–water partition coefficient (Wildman–Crippen LogP) is 2.15. The minimum atomic E-state index is -5.02. The van der Waals surface area contributed by atoms with Crippen LogP contribution in [0.5, 0.6) is 0 Å². The van der Waals surface area contributed by atoms with E-state index >= 15 is 0 Å². The number of anilines is 1. The van der Waals surface area contributed by atoms with Crippen LogP contribution in [0.4, 0.5) is 10.5 Å². The Hall–Kier alpha value is -9.79. The van der Waals surface area contributed by atoms with Crippen molar-refractivity contribution in [1.82, 2.24) is 62.1 Å². The Morgan fingerprint density at radius 3 is 1.79 bits per heavy atom. The number of benzene rings is 2. The van der Waals surface area contributed by atoms with Gasteiger partial charge in [-0.1, -0.05) is 125 Å². The number of carbonyl (C=O) groups is 15. The minimum absolute atomic E-state index is 0.000178. The second-order valence-corrected chi connectivity index (χ2v) is 38.7. The molecule has 0 radical (unpaired) electrons. The monoisotopic (exact) mass is 1950 g/mol. The number of esters is 2. The molecule has 2 saturated heterocycles. The Kier molecular flexibility index (Phi) is 48.7. The van der Waals surface area contributed by atoms with Crippen molar-refractivity contribution in [2.45, 2.75) is 226 Å². The number of carbonyl (C=O) groups excluding carboxylic acids is 15. The molecule has 2 unspecified atom stereocenters. The molecule has 758 valence electrons. The number of likely N-dealkylation sites (N-methyl/N-ethyl adjacent to an activating group) is 2. The summed E-state index contributed by atoms with van der Waals surface area (Å²) in [6.45, 7) is 20.6. The molecule has 44 nitrogen and oxygen atoms in total. The second kappa shape index (κ2) is 56.8. The molecule has 3 heterocycles. The molecule has 3 aliphatic heterocycles. The number of nitrogens with zero attached hydrogens (tertiary/aromatic N) is 4. The van der Waals surface area contributed by atoms with Crippen LogP contribution in [-0.4, -0.2) is 323 Å². The quantitative estimate of drug-likeness (QED) is 0.0195. The fourth-order valence-electron chi connectivity index (χ4n) is 15.6. The van der Waals surface area contributed by atoms with Crippen LogP contribution >= 0.6 is 15.4 Å². The number of imide groups is 1. The maximum absolute atomic E-state index is 14.7. The van der Waals surface area contributed by atoms with Gasteiger partial charge in [0.1, 0.15) is 42.9 Å². The van der Waals surface area contributed by atoms with Gasteiger partial charge in [-0.15, -0.1) is 0 Å². The van der Waals surface area contributed by atoms with Crippen molar-refractivity contribution in [3.63, 3.8) is 0 Å². The molecule has 0 saturated carbocycles. The zero-order valence-corrected chi connectivity index (χ0v) is 82.1. The van der Waals surface area contributed by atoms with Crippen LogP contribution in [0.1, 0.15) is 158 Å². The van der Waals surface area contributed by atoms with Crippen molar-refractivity contribution in [3.8, 4) is 0 Å². The number of hydrogen-bond donors (Lipinski definition) is 13. The highest BCUT2D eigenvalue weighted by molar-refractivity contribution is 7.51. The van der Waals surface area contributed by atoms with Crippen LogP contribution in [0, 0.1) is 35.0 Å². The van der Waals surface area contributed by atoms with E-state index < -0.39 is 215 Å². The van der Waals surface area contributed by atoms with Crippen molar-refractivity contribution in [3.05, 3.63) is 77.9 Å². The molecule has 14 amide bonds. The van der Waals surface area contributed by atoms with E-state index in [4.69, 9.17) is 62.5 Å². The summed E-state index contributed by atoms with van der Waals surface area (Å²) >= 11 is 0. The van der Waals surface area contributed by atoms with Gasteiger partial charge in [-0.25, -0.2) is 14.2 Å². The van der Waals surface area contributed by atoms with Gasteiger partial charge in [0.15, 0.2) is 0 Å². The average molecular weight is 1950 g/mol. The van der Waals surface area contributed by atoms with Gasteiger partial charge in [-0.05, 0) is 93.6 Å². The summed E-state index contributed by atoms with van der Waals surface area (Å²) in [5.41, 5.74) is 5.25. The number of methoxy groups -OCH3 is 2. The van der Waals surface area contributed by atoms with Gasteiger partial charge in [0.25, 0.3) is 11.8 Å². The Morgan fingerprint density at radius 2 is 1.24 bits per heavy atom. The highest BCUT2D eigenvalue weighted by Gasteiger charge is 2.49. The molecule has 0 aliphatic carbocycles. The molecule has 2 aromatic carbocycles. The van der Waals surface area contributed by atoms with Gasteiger partial charge in [0, 0.05) is 83.5 Å². The van der Waals surface area contributed by atoms with Gasteiger partial charge in [0.2, 0.25) is 65.2 Å². The maximum Gasteiger partial charge on any atom is 0.473 e. The van der Waals surface area contributed by atoms with E-state index in [9.17, 15) is 85.9 Å². The smallest absolute Gasteiger partial charge is 0.462 e. The van der Waals surface area contributed by atoms with E-state index in [1.165, 1.54) is 38.5 Å². The highest BCUT2D eigenvalue weighted by atomic mass is 31.2. The van der Waals surface area contributed by atoms with E-state index in [1.807, 2.05) is 60.5 Å². The third kappa shape index (κ3) is 38.3. The van der Waals surface area contributed by atoms with E-state index in [0.717, 1.165) is 12.2 Å². The first-order chi connectivity index (χ1) is 63.6. The number of phosphoric ester groups is 1. The fourth-order valence-corrected chi connectivity index (χ4v) is 17.1. The number of amides is 14. The lowest BCUT2D eigenvalue weighted by molar-refractivity contribution is -0.164. The van der Waals surface area contributed by atoms with Gasteiger partial charge in [-0.3, -0.25) is 85.7 Å². The summed E-state index contributed by atoms with van der Waals surface area (Å²) in [4.78, 5) is 237. The molecule has 5 rings (SSSR count). The van der Waals surface area contributed by atoms with Gasteiger partial charge in [-0.2, -0.15) is 0 Å². The number of likely N-dealkylation sites (tertiary alicyclic amines) is 1. The van der Waals surface area contributed by atoms with Crippen molar-refractivity contribution < 1.29 is 143 Å². The van der Waals surface area contributed by atoms with E-state index in [0.29, 0.717) is 41.8 Å². The number of primary amides is 1. The Morgan fingerprint density at radius 1 is 0.637 bits per heavy atom. The summed E-state index contributed by atoms with van der Waals surface area (Å²) in [5, 5.41) is 23.6. The second-order valence-electron chi connectivity index (χ2n) is 35.5. The van der Waals surface area contributed by atoms with E-state index in [2.05, 4.69) is 47.9 Å². The van der Waals surface area contributed by atoms with Crippen LogP contribution in [-0.2, 0) is 130 Å². The molecular weight excluding hydrogens is 1810 g/mol. The fraction of sp³-hybridized carbons (Fsp3) is 0.674. The molecular formula is C89H142N14O30P2. The first-order valence-electron chi connectivity index (χ1n) is 45.3. The number of phosphoric acid groups is 1. The van der Waals surface area contributed by atoms with Crippen molar-refractivity contribution in [1.29, 1.82) is 0 Å². The minimum Gasteiger partial charge on any atom is -0.462 e. The molecule has 0 aromatic heterocycles. The van der Waals surface area contributed by atoms with Crippen LogP contribution in [0.2, 0.25) is 0 Å². The van der Waals surface area contributed by atoms with Crippen LogP contribution in [0.15, 0.2) is 66.7 Å². The highest BCUT2D eigenvalue weighted by Crippen LogP contribution is 2.50. The number of hydrogen-bond acceptors (Lipinski definition) is 28. The number of rotatable bonds is 62. The summed E-state index contributed by atoms with van der Waals surface area (Å²) in [5.74, 6) is -12.1. The molecule has 0 spiro atoms. The molecule has 135 heavy (non-hydrogen) atoms.